The van der Waals surface area contributed by atoms with Gasteiger partial charge in [-0.3, -0.25) is 0 Å². The van der Waals surface area contributed by atoms with E-state index in [-0.39, 0.29) is 0 Å². The Labute approximate surface area is 104 Å². The molecule has 0 aliphatic carbocycles. The van der Waals surface area contributed by atoms with E-state index in [0.29, 0.717) is 0 Å². The van der Waals surface area contributed by atoms with Crippen LogP contribution in [0.25, 0.3) is 0 Å². The lowest BCUT2D eigenvalue weighted by atomic mass is 9.89. The van der Waals surface area contributed by atoms with Gasteiger partial charge in [-0.25, -0.2) is 0 Å². The summed E-state index contributed by atoms with van der Waals surface area (Å²) >= 11 is 0. The van der Waals surface area contributed by atoms with E-state index >= 15 is 0 Å². The average Bonchev–Trinajstić information content (AvgIpc) is 2.36. The fourth-order valence-corrected chi connectivity index (χ4v) is 3.02. The summed E-state index contributed by atoms with van der Waals surface area (Å²) in [5.74, 6) is 1.72. The van der Waals surface area contributed by atoms with Gasteiger partial charge in [-0.05, 0) is 43.3 Å². The largest absolute Gasteiger partial charge is 0.316 e. The molecule has 92 valence electrons. The zero-order chi connectivity index (χ0) is 11.5. The van der Waals surface area contributed by atoms with Crippen LogP contribution in [0, 0.1) is 5.92 Å². The second-order valence-electron chi connectivity index (χ2n) is 5.51. The summed E-state index contributed by atoms with van der Waals surface area (Å²) in [5, 5.41) is 3.36. The summed E-state index contributed by atoms with van der Waals surface area (Å²) in [4.78, 5) is 2.66. The molecule has 0 amide bonds. The van der Waals surface area contributed by atoms with Crippen LogP contribution in [0.4, 0.5) is 0 Å². The first-order valence-corrected chi connectivity index (χ1v) is 6.90. The van der Waals surface area contributed by atoms with Crippen molar-refractivity contribution < 1.29 is 0 Å². The molecule has 2 nitrogen and oxygen atoms in total. The third-order valence-corrected chi connectivity index (χ3v) is 4.24. The monoisotopic (exact) mass is 230 g/mol. The first kappa shape index (κ1) is 11.2. The van der Waals surface area contributed by atoms with Crippen LogP contribution < -0.4 is 5.32 Å². The number of likely N-dealkylation sites (tertiary alicyclic amines) is 1. The van der Waals surface area contributed by atoms with E-state index in [0.717, 1.165) is 11.8 Å². The Morgan fingerprint density at radius 3 is 2.35 bits per heavy atom. The molecule has 2 fully saturated rings. The van der Waals surface area contributed by atoms with E-state index in [1.807, 2.05) is 0 Å². The molecular formula is C15H22N2. The first-order chi connectivity index (χ1) is 8.42. The normalized spacial score (nSPS) is 23.5. The Hall–Kier alpha value is -0.860. The summed E-state index contributed by atoms with van der Waals surface area (Å²) in [6, 6.07) is 11.0. The maximum atomic E-state index is 3.36. The minimum atomic E-state index is 0.798. The van der Waals surface area contributed by atoms with Crippen molar-refractivity contribution >= 4 is 0 Å². The van der Waals surface area contributed by atoms with Crippen LogP contribution in [0.1, 0.15) is 24.3 Å². The van der Waals surface area contributed by atoms with Crippen molar-refractivity contribution in [3.05, 3.63) is 35.9 Å². The number of hydrogen-bond donors (Lipinski definition) is 1. The summed E-state index contributed by atoms with van der Waals surface area (Å²) in [6.45, 7) is 6.36. The van der Waals surface area contributed by atoms with Crippen LogP contribution in [0.3, 0.4) is 0 Å². The van der Waals surface area contributed by atoms with E-state index in [1.54, 1.807) is 0 Å². The van der Waals surface area contributed by atoms with Crippen molar-refractivity contribution in [2.45, 2.75) is 18.8 Å². The first-order valence-electron chi connectivity index (χ1n) is 6.90. The Balaban J connectivity index is 1.50. The van der Waals surface area contributed by atoms with Crippen LogP contribution in [0.2, 0.25) is 0 Å². The Morgan fingerprint density at radius 1 is 1.06 bits per heavy atom. The minimum absolute atomic E-state index is 0.798. The summed E-state index contributed by atoms with van der Waals surface area (Å²) in [5.41, 5.74) is 1.54. The van der Waals surface area contributed by atoms with Gasteiger partial charge in [0, 0.05) is 19.6 Å². The van der Waals surface area contributed by atoms with Crippen molar-refractivity contribution in [2.75, 3.05) is 32.7 Å². The smallest absolute Gasteiger partial charge is 0.00340 e. The third kappa shape index (κ3) is 2.70. The van der Waals surface area contributed by atoms with E-state index < -0.39 is 0 Å². The summed E-state index contributed by atoms with van der Waals surface area (Å²) in [7, 11) is 0. The quantitative estimate of drug-likeness (QED) is 0.855. The van der Waals surface area contributed by atoms with Gasteiger partial charge in [0.2, 0.25) is 0 Å². The second-order valence-corrected chi connectivity index (χ2v) is 5.51. The highest BCUT2D eigenvalue weighted by Crippen LogP contribution is 2.28. The fourth-order valence-electron chi connectivity index (χ4n) is 3.02. The zero-order valence-corrected chi connectivity index (χ0v) is 10.4. The van der Waals surface area contributed by atoms with Gasteiger partial charge in [-0.1, -0.05) is 30.3 Å². The van der Waals surface area contributed by atoms with Crippen molar-refractivity contribution in [3.63, 3.8) is 0 Å². The molecule has 2 heteroatoms. The van der Waals surface area contributed by atoms with Crippen LogP contribution in [0.5, 0.6) is 0 Å². The highest BCUT2D eigenvalue weighted by molar-refractivity contribution is 5.20. The predicted octanol–water partition coefficient (Wildman–Crippen LogP) is 2.09. The van der Waals surface area contributed by atoms with Gasteiger partial charge in [-0.15, -0.1) is 0 Å². The van der Waals surface area contributed by atoms with E-state index in [2.05, 4.69) is 40.5 Å². The second kappa shape index (κ2) is 5.19. The number of nitrogens with one attached hydrogen (secondary N) is 1. The number of hydrogen-bond acceptors (Lipinski definition) is 2. The lowest BCUT2D eigenvalue weighted by Crippen LogP contribution is -2.49. The Morgan fingerprint density at radius 2 is 1.76 bits per heavy atom. The number of rotatable bonds is 3. The maximum Gasteiger partial charge on any atom is 0.00340 e. The molecule has 0 saturated carbocycles. The lowest BCUT2D eigenvalue weighted by molar-refractivity contribution is 0.158. The number of benzene rings is 1. The fraction of sp³-hybridized carbons (Fsp3) is 0.600. The van der Waals surface area contributed by atoms with Gasteiger partial charge in [0.15, 0.2) is 0 Å². The Kier molecular flexibility index (Phi) is 3.44. The maximum absolute atomic E-state index is 3.36. The van der Waals surface area contributed by atoms with Gasteiger partial charge in [0.05, 0.1) is 0 Å². The molecule has 2 aliphatic rings. The molecule has 0 radical (unpaired) electrons. The molecule has 0 spiro atoms. The standard InChI is InChI=1S/C15H22N2/c1-2-4-14(5-3-1)15-6-8-17(9-7-15)12-13-10-16-11-13/h1-5,13,15-16H,6-12H2. The molecule has 2 aliphatic heterocycles. The van der Waals surface area contributed by atoms with Gasteiger partial charge in [-0.2, -0.15) is 0 Å². The molecule has 0 atom stereocenters. The molecule has 1 aromatic carbocycles. The van der Waals surface area contributed by atoms with E-state index in [1.165, 1.54) is 51.1 Å². The van der Waals surface area contributed by atoms with Gasteiger partial charge < -0.3 is 10.2 Å². The Bertz CT molecular complexity index is 337. The third-order valence-electron chi connectivity index (χ3n) is 4.24. The minimum Gasteiger partial charge on any atom is -0.316 e. The van der Waals surface area contributed by atoms with Crippen molar-refractivity contribution in [1.29, 1.82) is 0 Å². The molecule has 0 aromatic heterocycles. The highest BCUT2D eigenvalue weighted by Gasteiger charge is 2.24. The topological polar surface area (TPSA) is 15.3 Å². The van der Waals surface area contributed by atoms with Crippen molar-refractivity contribution in [1.82, 2.24) is 10.2 Å². The zero-order valence-electron chi connectivity index (χ0n) is 10.4. The van der Waals surface area contributed by atoms with E-state index in [9.17, 15) is 0 Å². The van der Waals surface area contributed by atoms with Crippen molar-refractivity contribution in [2.24, 2.45) is 5.92 Å². The summed E-state index contributed by atoms with van der Waals surface area (Å²) < 4.78 is 0. The molecule has 1 N–H and O–H groups in total. The van der Waals surface area contributed by atoms with Gasteiger partial charge in [0.1, 0.15) is 0 Å². The highest BCUT2D eigenvalue weighted by atomic mass is 15.1. The van der Waals surface area contributed by atoms with Crippen molar-refractivity contribution in [3.8, 4) is 0 Å². The molecule has 2 saturated heterocycles. The SMILES string of the molecule is c1ccc(C2CCN(CC3CNC3)CC2)cc1. The number of piperidine rings is 1. The van der Waals surface area contributed by atoms with Gasteiger partial charge >= 0.3 is 0 Å². The summed E-state index contributed by atoms with van der Waals surface area (Å²) in [6.07, 6.45) is 2.67. The molecule has 2 heterocycles. The van der Waals surface area contributed by atoms with Crippen LogP contribution in [0.15, 0.2) is 30.3 Å². The molecule has 0 bridgehead atoms. The molecule has 17 heavy (non-hydrogen) atoms. The molecule has 3 rings (SSSR count). The van der Waals surface area contributed by atoms with Gasteiger partial charge in [0.25, 0.3) is 0 Å². The predicted molar refractivity (Wildman–Crippen MR) is 71.2 cm³/mol. The average molecular weight is 230 g/mol. The molecule has 0 unspecified atom stereocenters. The number of nitrogens with zero attached hydrogens (tertiary/aromatic N) is 1. The van der Waals surface area contributed by atoms with Crippen LogP contribution >= 0.6 is 0 Å². The van der Waals surface area contributed by atoms with E-state index in [4.69, 9.17) is 0 Å². The molecule has 1 aromatic rings. The molecular weight excluding hydrogens is 208 g/mol. The lowest BCUT2D eigenvalue weighted by Gasteiger charge is -2.37. The van der Waals surface area contributed by atoms with Crippen LogP contribution in [-0.2, 0) is 0 Å². The van der Waals surface area contributed by atoms with Crippen LogP contribution in [-0.4, -0.2) is 37.6 Å².